The van der Waals surface area contributed by atoms with Gasteiger partial charge in [-0.15, -0.1) is 0 Å². The summed E-state index contributed by atoms with van der Waals surface area (Å²) in [6, 6.07) is 4.85. The van der Waals surface area contributed by atoms with Gasteiger partial charge in [0.1, 0.15) is 5.02 Å². The molecule has 0 bridgehead atoms. The molecule has 2 aromatic rings. The van der Waals surface area contributed by atoms with Gasteiger partial charge in [-0.25, -0.2) is 0 Å². The lowest BCUT2D eigenvalue weighted by Crippen LogP contribution is -2.01. The van der Waals surface area contributed by atoms with Crippen LogP contribution in [0.2, 0.25) is 20.1 Å². The molecule has 2 aromatic carbocycles. The second kappa shape index (κ2) is 4.90. The Morgan fingerprint density at radius 3 is 1.79 bits per heavy atom. The molecule has 0 N–H and O–H groups in total. The molecule has 0 radical (unpaired) electrons. The Balaban J connectivity index is 2.25. The highest BCUT2D eigenvalue weighted by Crippen LogP contribution is 2.57. The molecule has 0 saturated carbocycles. The lowest BCUT2D eigenvalue weighted by atomic mass is 10.2. The van der Waals surface area contributed by atoms with Gasteiger partial charge >= 0.3 is 0 Å². The second-order valence-corrected chi connectivity index (χ2v) is 6.16. The maximum Gasteiger partial charge on any atom is 0.191 e. The summed E-state index contributed by atoms with van der Waals surface area (Å²) in [5.41, 5.74) is 0. The predicted octanol–water partition coefficient (Wildman–Crippen LogP) is 6.96. The molecule has 98 valence electrons. The minimum atomic E-state index is 0.303. The Hall–Kier alpha value is -0.320. The normalized spacial score (nSPS) is 12.3. The zero-order valence-electron chi connectivity index (χ0n) is 8.94. The van der Waals surface area contributed by atoms with Crippen LogP contribution in [0.25, 0.3) is 0 Å². The first-order valence-corrected chi connectivity index (χ1v) is 7.30. The quantitative estimate of drug-likeness (QED) is 0.380. The van der Waals surface area contributed by atoms with E-state index in [4.69, 9.17) is 55.9 Å². The number of benzene rings is 2. The molecular formula is C12H3BrCl4O2. The molecule has 0 atom stereocenters. The first-order valence-electron chi connectivity index (χ1n) is 5.00. The molecule has 0 spiro atoms. The summed E-state index contributed by atoms with van der Waals surface area (Å²) in [6.07, 6.45) is 0. The number of hydrogen-bond donors (Lipinski definition) is 0. The maximum atomic E-state index is 6.16. The van der Waals surface area contributed by atoms with Gasteiger partial charge in [0.2, 0.25) is 0 Å². The van der Waals surface area contributed by atoms with Gasteiger partial charge in [-0.3, -0.25) is 0 Å². The van der Waals surface area contributed by atoms with Crippen LogP contribution in [-0.4, -0.2) is 0 Å². The first kappa shape index (κ1) is 13.7. The van der Waals surface area contributed by atoms with E-state index in [1.165, 1.54) is 0 Å². The van der Waals surface area contributed by atoms with Crippen molar-refractivity contribution in [2.45, 2.75) is 0 Å². The summed E-state index contributed by atoms with van der Waals surface area (Å²) in [7, 11) is 0. The predicted molar refractivity (Wildman–Crippen MR) is 80.8 cm³/mol. The van der Waals surface area contributed by atoms with Crippen LogP contribution in [0.4, 0.5) is 0 Å². The van der Waals surface area contributed by atoms with E-state index in [2.05, 4.69) is 15.9 Å². The Morgan fingerprint density at radius 2 is 1.21 bits per heavy atom. The average molecular weight is 401 g/mol. The topological polar surface area (TPSA) is 18.5 Å². The smallest absolute Gasteiger partial charge is 0.191 e. The summed E-state index contributed by atoms with van der Waals surface area (Å²) in [4.78, 5) is 0. The molecule has 0 saturated heterocycles. The summed E-state index contributed by atoms with van der Waals surface area (Å²) in [5.74, 6) is 1.25. The molecule has 0 amide bonds. The van der Waals surface area contributed by atoms with Crippen LogP contribution in [0.1, 0.15) is 0 Å². The van der Waals surface area contributed by atoms with Gasteiger partial charge in [0.15, 0.2) is 23.0 Å². The van der Waals surface area contributed by atoms with Crippen molar-refractivity contribution in [3.8, 4) is 23.0 Å². The van der Waals surface area contributed by atoms with E-state index in [1.807, 2.05) is 0 Å². The Labute approximate surface area is 137 Å². The van der Waals surface area contributed by atoms with Crippen molar-refractivity contribution in [2.24, 2.45) is 0 Å². The molecule has 0 aliphatic carbocycles. The van der Waals surface area contributed by atoms with Crippen molar-refractivity contribution in [3.63, 3.8) is 0 Å². The van der Waals surface area contributed by atoms with Crippen molar-refractivity contribution in [3.05, 3.63) is 42.8 Å². The first-order chi connectivity index (χ1) is 8.99. The molecule has 0 aromatic heterocycles. The van der Waals surface area contributed by atoms with E-state index in [1.54, 1.807) is 18.2 Å². The van der Waals surface area contributed by atoms with Gasteiger partial charge in [-0.1, -0.05) is 46.4 Å². The summed E-state index contributed by atoms with van der Waals surface area (Å²) >= 11 is 27.7. The van der Waals surface area contributed by atoms with Crippen LogP contribution in [-0.2, 0) is 0 Å². The lowest BCUT2D eigenvalue weighted by molar-refractivity contribution is 0.360. The molecule has 7 heteroatoms. The number of fused-ring (bicyclic) bond motifs is 2. The fraction of sp³-hybridized carbons (Fsp3) is 0. The molecule has 0 fully saturated rings. The third-order valence-electron chi connectivity index (χ3n) is 2.51. The highest BCUT2D eigenvalue weighted by molar-refractivity contribution is 9.10. The van der Waals surface area contributed by atoms with Gasteiger partial charge < -0.3 is 9.47 Å². The van der Waals surface area contributed by atoms with E-state index in [9.17, 15) is 0 Å². The fourth-order valence-corrected chi connectivity index (χ4v) is 2.98. The standard InChI is InChI=1S/C12H3BrCl4O2/c13-4-3-7(16)11-12(8(4)17)19-10-6(15)2-1-5(14)9(10)18-11/h1-3H. The van der Waals surface area contributed by atoms with Crippen molar-refractivity contribution >= 4 is 62.3 Å². The number of ether oxygens (including phenoxy) is 2. The third-order valence-corrected chi connectivity index (χ3v) is 4.61. The molecular weight excluding hydrogens is 398 g/mol. The number of halogens is 5. The van der Waals surface area contributed by atoms with E-state index in [0.717, 1.165) is 0 Å². The van der Waals surface area contributed by atoms with E-state index in [-0.39, 0.29) is 0 Å². The molecule has 1 heterocycles. The van der Waals surface area contributed by atoms with Crippen molar-refractivity contribution in [1.29, 1.82) is 0 Å². The monoisotopic (exact) mass is 398 g/mol. The fourth-order valence-electron chi connectivity index (χ4n) is 1.65. The molecule has 1 aliphatic rings. The summed E-state index contributed by atoms with van der Waals surface area (Å²) in [5, 5.41) is 1.45. The van der Waals surface area contributed by atoms with Crippen molar-refractivity contribution in [2.75, 3.05) is 0 Å². The largest absolute Gasteiger partial charge is 0.446 e. The maximum absolute atomic E-state index is 6.16. The molecule has 3 rings (SSSR count). The van der Waals surface area contributed by atoms with Crippen LogP contribution in [0.3, 0.4) is 0 Å². The molecule has 2 nitrogen and oxygen atoms in total. The Bertz CT molecular complexity index is 703. The van der Waals surface area contributed by atoms with E-state index in [0.29, 0.717) is 47.6 Å². The SMILES string of the molecule is Clc1ccc(Cl)c2c1Oc1c(Cl)cc(Br)c(Cl)c1O2. The molecule has 1 aliphatic heterocycles. The van der Waals surface area contributed by atoms with E-state index < -0.39 is 0 Å². The van der Waals surface area contributed by atoms with Gasteiger partial charge in [-0.05, 0) is 34.1 Å². The third kappa shape index (κ3) is 2.18. The Morgan fingerprint density at radius 1 is 0.737 bits per heavy atom. The number of rotatable bonds is 0. The Kier molecular flexibility index (Phi) is 3.52. The minimum absolute atomic E-state index is 0.303. The lowest BCUT2D eigenvalue weighted by Gasteiger charge is -2.24. The van der Waals surface area contributed by atoms with Gasteiger partial charge in [0.05, 0.1) is 15.1 Å². The van der Waals surface area contributed by atoms with Crippen LogP contribution < -0.4 is 9.47 Å². The van der Waals surface area contributed by atoms with Crippen LogP contribution in [0.5, 0.6) is 23.0 Å². The summed E-state index contributed by atoms with van der Waals surface area (Å²) < 4.78 is 12.0. The second-order valence-electron chi connectivity index (χ2n) is 3.70. The average Bonchev–Trinajstić information content (AvgIpc) is 2.39. The highest BCUT2D eigenvalue weighted by Gasteiger charge is 2.29. The zero-order chi connectivity index (χ0) is 13.7. The minimum Gasteiger partial charge on any atom is -0.446 e. The summed E-state index contributed by atoms with van der Waals surface area (Å²) in [6.45, 7) is 0. The van der Waals surface area contributed by atoms with Gasteiger partial charge in [-0.2, -0.15) is 0 Å². The number of hydrogen-bond acceptors (Lipinski definition) is 2. The van der Waals surface area contributed by atoms with Crippen LogP contribution in [0.15, 0.2) is 22.7 Å². The molecule has 0 unspecified atom stereocenters. The zero-order valence-corrected chi connectivity index (χ0v) is 13.5. The van der Waals surface area contributed by atoms with Crippen molar-refractivity contribution in [1.82, 2.24) is 0 Å². The highest BCUT2D eigenvalue weighted by atomic mass is 79.9. The molecule has 19 heavy (non-hydrogen) atoms. The van der Waals surface area contributed by atoms with Crippen LogP contribution in [0, 0.1) is 0 Å². The van der Waals surface area contributed by atoms with Gasteiger partial charge in [0.25, 0.3) is 0 Å². The van der Waals surface area contributed by atoms with E-state index >= 15 is 0 Å². The van der Waals surface area contributed by atoms with Gasteiger partial charge in [0, 0.05) is 4.47 Å². The van der Waals surface area contributed by atoms with Crippen molar-refractivity contribution < 1.29 is 9.47 Å². The van der Waals surface area contributed by atoms with Crippen LogP contribution >= 0.6 is 62.3 Å².